The molecule has 0 amide bonds. The van der Waals surface area contributed by atoms with Crippen molar-refractivity contribution in [2.75, 3.05) is 13.2 Å². The molecular weight excluding hydrogens is 304 g/mol. The first-order valence-electron chi connectivity index (χ1n) is 9.28. The molecule has 1 aromatic heterocycles. The van der Waals surface area contributed by atoms with Crippen molar-refractivity contribution in [1.82, 2.24) is 0 Å². The fourth-order valence-electron chi connectivity index (χ4n) is 3.10. The van der Waals surface area contributed by atoms with E-state index in [2.05, 4.69) is 48.5 Å². The van der Waals surface area contributed by atoms with Crippen LogP contribution in [0.3, 0.4) is 0 Å². The van der Waals surface area contributed by atoms with Crippen LogP contribution < -0.4 is 9.47 Å². The van der Waals surface area contributed by atoms with Crippen molar-refractivity contribution in [3.05, 3.63) is 9.75 Å². The molecule has 2 rings (SSSR count). The second kappa shape index (κ2) is 7.04. The van der Waals surface area contributed by atoms with E-state index >= 15 is 0 Å². The molecule has 0 spiro atoms. The molecule has 1 aliphatic rings. The summed E-state index contributed by atoms with van der Waals surface area (Å²) in [5, 5.41) is 0. The highest BCUT2D eigenvalue weighted by molar-refractivity contribution is 7.13. The highest BCUT2D eigenvalue weighted by Crippen LogP contribution is 2.55. The van der Waals surface area contributed by atoms with Gasteiger partial charge in [-0.05, 0) is 25.7 Å². The Hall–Kier alpha value is -0.700. The average molecular weight is 339 g/mol. The normalized spacial score (nSPS) is 16.5. The maximum atomic E-state index is 6.29. The number of rotatable bonds is 6. The molecule has 0 saturated carbocycles. The molecular formula is C20H34O2S. The van der Waals surface area contributed by atoms with Crippen LogP contribution in [0.15, 0.2) is 0 Å². The van der Waals surface area contributed by atoms with Crippen molar-refractivity contribution in [3.8, 4) is 11.5 Å². The van der Waals surface area contributed by atoms with Gasteiger partial charge in [0, 0.05) is 16.7 Å². The lowest BCUT2D eigenvalue weighted by Gasteiger charge is -2.27. The Labute approximate surface area is 146 Å². The lowest BCUT2D eigenvalue weighted by molar-refractivity contribution is 0.224. The van der Waals surface area contributed by atoms with Crippen molar-refractivity contribution in [3.63, 3.8) is 0 Å². The molecule has 1 aromatic rings. The van der Waals surface area contributed by atoms with Crippen LogP contribution in [0.1, 0.15) is 83.9 Å². The summed E-state index contributed by atoms with van der Waals surface area (Å²) >= 11 is 1.95. The molecule has 0 saturated heterocycles. The molecule has 2 heterocycles. The van der Waals surface area contributed by atoms with E-state index in [1.54, 1.807) is 0 Å². The van der Waals surface area contributed by atoms with Crippen LogP contribution in [0.2, 0.25) is 0 Å². The Morgan fingerprint density at radius 2 is 1.17 bits per heavy atom. The van der Waals surface area contributed by atoms with Crippen LogP contribution in [-0.2, 0) is 10.8 Å². The summed E-state index contributed by atoms with van der Waals surface area (Å²) in [5.74, 6) is 2.54. The first-order chi connectivity index (χ1) is 10.8. The molecule has 0 fully saturated rings. The van der Waals surface area contributed by atoms with Gasteiger partial charge in [-0.15, -0.1) is 11.3 Å². The summed E-state index contributed by atoms with van der Waals surface area (Å²) in [4.78, 5) is 2.80. The van der Waals surface area contributed by atoms with Crippen molar-refractivity contribution in [1.29, 1.82) is 0 Å². The van der Waals surface area contributed by atoms with E-state index in [1.807, 2.05) is 11.3 Å². The van der Waals surface area contributed by atoms with Gasteiger partial charge in [-0.3, -0.25) is 0 Å². The molecule has 23 heavy (non-hydrogen) atoms. The molecule has 0 bridgehead atoms. The smallest absolute Gasteiger partial charge is 0.175 e. The van der Waals surface area contributed by atoms with Crippen molar-refractivity contribution in [2.24, 2.45) is 5.92 Å². The van der Waals surface area contributed by atoms with Crippen molar-refractivity contribution in [2.45, 2.75) is 85.0 Å². The number of thiophene rings is 1. The highest BCUT2D eigenvalue weighted by Gasteiger charge is 2.39. The van der Waals surface area contributed by atoms with E-state index < -0.39 is 0 Å². The summed E-state index contributed by atoms with van der Waals surface area (Å²) in [6.45, 7) is 17.6. The molecule has 1 aliphatic heterocycles. The maximum Gasteiger partial charge on any atom is 0.175 e. The van der Waals surface area contributed by atoms with Gasteiger partial charge in [0.25, 0.3) is 0 Å². The number of ether oxygens (including phenoxy) is 2. The molecule has 0 aliphatic carbocycles. The molecule has 0 N–H and O–H groups in total. The van der Waals surface area contributed by atoms with Gasteiger partial charge in [0.05, 0.1) is 23.0 Å². The van der Waals surface area contributed by atoms with Gasteiger partial charge in [-0.25, -0.2) is 0 Å². The number of hydrogen-bond donors (Lipinski definition) is 0. The zero-order valence-electron chi connectivity index (χ0n) is 16.0. The van der Waals surface area contributed by atoms with E-state index in [9.17, 15) is 0 Å². The van der Waals surface area contributed by atoms with Crippen LogP contribution in [0.25, 0.3) is 0 Å². The quantitative estimate of drug-likeness (QED) is 0.605. The average Bonchev–Trinajstić information content (AvgIpc) is 2.86. The highest BCUT2D eigenvalue weighted by atomic mass is 32.1. The van der Waals surface area contributed by atoms with Gasteiger partial charge in [0.15, 0.2) is 11.5 Å². The van der Waals surface area contributed by atoms with E-state index in [0.29, 0.717) is 5.92 Å². The first-order valence-corrected chi connectivity index (χ1v) is 10.1. The number of fused-ring (bicyclic) bond motifs is 1. The summed E-state index contributed by atoms with van der Waals surface area (Å²) in [6.07, 6.45) is 4.51. The predicted octanol–water partition coefficient (Wildman–Crippen LogP) is 6.31. The third-order valence-corrected chi connectivity index (χ3v) is 7.83. The van der Waals surface area contributed by atoms with Gasteiger partial charge < -0.3 is 9.47 Å². The lowest BCUT2D eigenvalue weighted by atomic mass is 9.81. The summed E-state index contributed by atoms with van der Waals surface area (Å²) in [7, 11) is 0. The molecule has 0 unspecified atom stereocenters. The minimum Gasteiger partial charge on any atom is -0.488 e. The van der Waals surface area contributed by atoms with Crippen LogP contribution in [-0.4, -0.2) is 13.2 Å². The minimum absolute atomic E-state index is 0.173. The summed E-state index contributed by atoms with van der Waals surface area (Å²) < 4.78 is 12.6. The fraction of sp³-hybridized carbons (Fsp3) is 0.800. The Morgan fingerprint density at radius 1 is 0.826 bits per heavy atom. The molecule has 0 aromatic carbocycles. The predicted molar refractivity (Wildman–Crippen MR) is 100 cm³/mol. The van der Waals surface area contributed by atoms with Crippen molar-refractivity contribution >= 4 is 11.3 Å². The van der Waals surface area contributed by atoms with Crippen LogP contribution in [0.4, 0.5) is 0 Å². The molecule has 0 radical (unpaired) electrons. The maximum absolute atomic E-state index is 6.29. The van der Waals surface area contributed by atoms with Gasteiger partial charge in [0.2, 0.25) is 0 Å². The van der Waals surface area contributed by atoms with E-state index in [0.717, 1.165) is 50.4 Å². The largest absolute Gasteiger partial charge is 0.488 e. The van der Waals surface area contributed by atoms with Gasteiger partial charge in [-0.1, -0.05) is 48.5 Å². The van der Waals surface area contributed by atoms with E-state index in [-0.39, 0.29) is 10.8 Å². The topological polar surface area (TPSA) is 18.5 Å². The standard InChI is InChI=1S/C20H34O2S/c1-8-19(6,9-2)17-15-16(22-13-14(5)12-21-15)18(23-17)20(7,10-3)11-4/h14H,8-13H2,1-7H3. The van der Waals surface area contributed by atoms with Gasteiger partial charge >= 0.3 is 0 Å². The minimum atomic E-state index is 0.173. The second-order valence-electron chi connectivity index (χ2n) is 7.68. The third-order valence-electron chi connectivity index (χ3n) is 6.06. The van der Waals surface area contributed by atoms with Crippen molar-refractivity contribution < 1.29 is 9.47 Å². The Balaban J connectivity index is 2.64. The molecule has 132 valence electrons. The number of hydrogen-bond acceptors (Lipinski definition) is 3. The molecule has 3 heteroatoms. The Bertz CT molecular complexity index is 479. The van der Waals surface area contributed by atoms with E-state index in [1.165, 1.54) is 9.75 Å². The zero-order valence-corrected chi connectivity index (χ0v) is 16.9. The third kappa shape index (κ3) is 3.26. The van der Waals surface area contributed by atoms with Gasteiger partial charge in [-0.2, -0.15) is 0 Å². The van der Waals surface area contributed by atoms with Gasteiger partial charge in [0.1, 0.15) is 0 Å². The summed E-state index contributed by atoms with van der Waals surface area (Å²) in [5.41, 5.74) is 0.346. The lowest BCUT2D eigenvalue weighted by Crippen LogP contribution is -2.21. The fourth-order valence-corrected chi connectivity index (χ4v) is 4.86. The molecule has 0 atom stereocenters. The van der Waals surface area contributed by atoms with E-state index in [4.69, 9.17) is 9.47 Å². The Morgan fingerprint density at radius 3 is 1.48 bits per heavy atom. The summed E-state index contributed by atoms with van der Waals surface area (Å²) in [6, 6.07) is 0. The van der Waals surface area contributed by atoms with Crippen LogP contribution in [0.5, 0.6) is 11.5 Å². The van der Waals surface area contributed by atoms with Crippen LogP contribution in [0, 0.1) is 5.92 Å². The zero-order chi connectivity index (χ0) is 17.3. The second-order valence-corrected chi connectivity index (χ2v) is 8.70. The SMILES string of the molecule is CCC(C)(CC)c1sc(C(C)(CC)CC)c2c1OCC(C)CO2. The van der Waals surface area contributed by atoms with Crippen LogP contribution >= 0.6 is 11.3 Å². The molecule has 2 nitrogen and oxygen atoms in total. The monoisotopic (exact) mass is 338 g/mol. The first kappa shape index (κ1) is 18.6. The Kier molecular flexibility index (Phi) is 5.71.